The van der Waals surface area contributed by atoms with Crippen molar-refractivity contribution in [1.82, 2.24) is 0 Å². The van der Waals surface area contributed by atoms with E-state index in [0.717, 1.165) is 0 Å². The van der Waals surface area contributed by atoms with Crippen LogP contribution in [0.3, 0.4) is 0 Å². The summed E-state index contributed by atoms with van der Waals surface area (Å²) in [7, 11) is -2.13. The summed E-state index contributed by atoms with van der Waals surface area (Å²) in [5.41, 5.74) is -1.84. The summed E-state index contributed by atoms with van der Waals surface area (Å²) in [6, 6.07) is 1.24. The molecule has 0 saturated heterocycles. The summed E-state index contributed by atoms with van der Waals surface area (Å²) >= 11 is 0. The predicted octanol–water partition coefficient (Wildman–Crippen LogP) is 0.992. The second-order valence-electron chi connectivity index (χ2n) is 4.85. The van der Waals surface area contributed by atoms with Gasteiger partial charge in [-0.3, -0.25) is 5.32 Å². The summed E-state index contributed by atoms with van der Waals surface area (Å²) in [5.74, 6) is -2.06. The Bertz CT molecular complexity index is 488. The van der Waals surface area contributed by atoms with Gasteiger partial charge in [-0.05, 0) is 26.8 Å². The van der Waals surface area contributed by atoms with E-state index in [2.05, 4.69) is 0 Å². The molecule has 1 aromatic carbocycles. The van der Waals surface area contributed by atoms with Gasteiger partial charge in [-0.25, -0.2) is 13.6 Å². The number of rotatable bonds is 2. The van der Waals surface area contributed by atoms with Crippen molar-refractivity contribution in [2.24, 2.45) is 0 Å². The van der Waals surface area contributed by atoms with Crippen molar-refractivity contribution in [3.63, 3.8) is 0 Å². The van der Waals surface area contributed by atoms with E-state index in [4.69, 9.17) is 14.8 Å². The smallest absolute Gasteiger partial charge is 0.444 e. The van der Waals surface area contributed by atoms with Crippen LogP contribution in [0.25, 0.3) is 0 Å². The van der Waals surface area contributed by atoms with Crippen LogP contribution >= 0.6 is 0 Å². The number of hydrogen-bond acceptors (Lipinski definition) is 4. The van der Waals surface area contributed by atoms with Gasteiger partial charge in [0.2, 0.25) is 0 Å². The minimum Gasteiger partial charge on any atom is -0.444 e. The molecule has 3 N–H and O–H groups in total. The minimum absolute atomic E-state index is 0.448. The molecule has 0 saturated carbocycles. The maximum Gasteiger partial charge on any atom is 0.491 e. The summed E-state index contributed by atoms with van der Waals surface area (Å²) in [5, 5.41) is 19.6. The van der Waals surface area contributed by atoms with E-state index >= 15 is 0 Å². The maximum absolute atomic E-state index is 13.5. The second kappa shape index (κ2) is 5.54. The van der Waals surface area contributed by atoms with Crippen LogP contribution in [0.2, 0.25) is 0 Å². The fraction of sp³-hybridized carbons (Fsp3) is 0.364. The Morgan fingerprint density at radius 3 is 2.32 bits per heavy atom. The number of anilines is 1. The lowest BCUT2D eigenvalue weighted by Gasteiger charge is -2.20. The minimum atomic E-state index is -2.13. The Balaban J connectivity index is 2.91. The Morgan fingerprint density at radius 1 is 1.26 bits per heavy atom. The van der Waals surface area contributed by atoms with Crippen LogP contribution in [-0.2, 0) is 4.74 Å². The molecule has 0 radical (unpaired) electrons. The zero-order valence-corrected chi connectivity index (χ0v) is 10.7. The third kappa shape index (κ3) is 4.49. The molecule has 0 atom stereocenters. The van der Waals surface area contributed by atoms with Gasteiger partial charge in [0.15, 0.2) is 0 Å². The first-order chi connectivity index (χ1) is 8.60. The number of carbonyl (C=O) groups excluding carboxylic acids is 1. The van der Waals surface area contributed by atoms with Crippen LogP contribution in [0.4, 0.5) is 19.3 Å². The molecule has 1 rings (SSSR count). The lowest BCUT2D eigenvalue weighted by atomic mass is 9.79. The number of carbonyl (C=O) groups is 1. The van der Waals surface area contributed by atoms with Gasteiger partial charge in [0.25, 0.3) is 0 Å². The Morgan fingerprint density at radius 2 is 1.84 bits per heavy atom. The molecule has 5 nitrogen and oxygen atoms in total. The molecule has 0 aliphatic rings. The van der Waals surface area contributed by atoms with E-state index in [1.54, 1.807) is 20.8 Å². The predicted molar refractivity (Wildman–Crippen MR) is 66.0 cm³/mol. The Hall–Kier alpha value is -1.67. The van der Waals surface area contributed by atoms with Gasteiger partial charge < -0.3 is 14.8 Å². The van der Waals surface area contributed by atoms with Crippen LogP contribution in [0.5, 0.6) is 0 Å². The van der Waals surface area contributed by atoms with E-state index in [-0.39, 0.29) is 0 Å². The lowest BCUT2D eigenvalue weighted by Crippen LogP contribution is -2.34. The van der Waals surface area contributed by atoms with Gasteiger partial charge in [-0.15, -0.1) is 0 Å². The van der Waals surface area contributed by atoms with Gasteiger partial charge in [-0.2, -0.15) is 0 Å². The van der Waals surface area contributed by atoms with Crippen LogP contribution < -0.4 is 10.8 Å². The average Bonchev–Trinajstić information content (AvgIpc) is 2.19. The number of nitrogens with one attached hydrogen (secondary N) is 1. The number of benzene rings is 1. The molecule has 0 bridgehead atoms. The van der Waals surface area contributed by atoms with E-state index in [1.165, 1.54) is 0 Å². The summed E-state index contributed by atoms with van der Waals surface area (Å²) in [6.07, 6.45) is -0.942. The Labute approximate surface area is 109 Å². The first-order valence-corrected chi connectivity index (χ1v) is 5.45. The van der Waals surface area contributed by atoms with Gasteiger partial charge in [0.1, 0.15) is 17.2 Å². The van der Waals surface area contributed by atoms with Crippen molar-refractivity contribution in [3.8, 4) is 0 Å². The van der Waals surface area contributed by atoms with Crippen LogP contribution in [0.15, 0.2) is 12.1 Å². The molecule has 0 spiro atoms. The maximum atomic E-state index is 13.5. The van der Waals surface area contributed by atoms with E-state index in [0.29, 0.717) is 12.1 Å². The third-order valence-electron chi connectivity index (χ3n) is 2.00. The standard InChI is InChI=1S/C11H14BF2NO4/c1-11(2,3)19-10(16)15-9-5-7(13)6(12(17)18)4-8(9)14/h4-5,17-18H,1-3H3,(H,15,16). The third-order valence-corrected chi connectivity index (χ3v) is 2.00. The molecular formula is C11H14BF2NO4. The average molecular weight is 273 g/mol. The van der Waals surface area contributed by atoms with E-state index < -0.39 is 41.6 Å². The topological polar surface area (TPSA) is 78.8 Å². The number of hydrogen-bond donors (Lipinski definition) is 3. The molecule has 19 heavy (non-hydrogen) atoms. The summed E-state index contributed by atoms with van der Waals surface area (Å²) < 4.78 is 31.8. The molecule has 0 fully saturated rings. The number of ether oxygens (including phenoxy) is 1. The van der Waals surface area contributed by atoms with Crippen molar-refractivity contribution >= 4 is 24.4 Å². The molecule has 0 unspecified atom stereocenters. The van der Waals surface area contributed by atoms with Crippen LogP contribution in [0, 0.1) is 11.6 Å². The second-order valence-corrected chi connectivity index (χ2v) is 4.85. The molecule has 0 aliphatic carbocycles. The SMILES string of the molecule is CC(C)(C)OC(=O)Nc1cc(F)c(B(O)O)cc1F. The van der Waals surface area contributed by atoms with Crippen molar-refractivity contribution in [1.29, 1.82) is 0 Å². The van der Waals surface area contributed by atoms with Crippen LogP contribution in [0.1, 0.15) is 20.8 Å². The van der Waals surface area contributed by atoms with Gasteiger partial charge in [0, 0.05) is 11.5 Å². The molecule has 0 aromatic heterocycles. The summed E-state index contributed by atoms with van der Waals surface area (Å²) in [4.78, 5) is 11.4. The van der Waals surface area contributed by atoms with Gasteiger partial charge in [-0.1, -0.05) is 0 Å². The Kier molecular flexibility index (Phi) is 4.49. The highest BCUT2D eigenvalue weighted by Crippen LogP contribution is 2.16. The highest BCUT2D eigenvalue weighted by atomic mass is 19.1. The van der Waals surface area contributed by atoms with Crippen LogP contribution in [-0.4, -0.2) is 28.9 Å². The molecule has 0 heterocycles. The fourth-order valence-electron chi connectivity index (χ4n) is 1.27. The van der Waals surface area contributed by atoms with E-state index in [9.17, 15) is 13.6 Å². The quantitative estimate of drug-likeness (QED) is 0.702. The normalized spacial score (nSPS) is 11.1. The van der Waals surface area contributed by atoms with Gasteiger partial charge >= 0.3 is 13.2 Å². The first kappa shape index (κ1) is 15.4. The molecule has 8 heteroatoms. The molecular weight excluding hydrogens is 259 g/mol. The van der Waals surface area contributed by atoms with Crippen molar-refractivity contribution in [3.05, 3.63) is 23.8 Å². The zero-order chi connectivity index (χ0) is 14.8. The fourth-order valence-corrected chi connectivity index (χ4v) is 1.27. The van der Waals surface area contributed by atoms with Crippen molar-refractivity contribution in [2.45, 2.75) is 26.4 Å². The molecule has 1 aromatic rings. The lowest BCUT2D eigenvalue weighted by molar-refractivity contribution is 0.0635. The zero-order valence-electron chi connectivity index (χ0n) is 10.7. The molecule has 104 valence electrons. The highest BCUT2D eigenvalue weighted by Gasteiger charge is 2.22. The number of halogens is 2. The first-order valence-electron chi connectivity index (χ1n) is 5.45. The highest BCUT2D eigenvalue weighted by molar-refractivity contribution is 6.58. The number of amides is 1. The van der Waals surface area contributed by atoms with Crippen molar-refractivity contribution < 1.29 is 28.4 Å². The summed E-state index contributed by atoms with van der Waals surface area (Å²) in [6.45, 7) is 4.86. The molecule has 0 aliphatic heterocycles. The van der Waals surface area contributed by atoms with E-state index in [1.807, 2.05) is 5.32 Å². The monoisotopic (exact) mass is 273 g/mol. The van der Waals surface area contributed by atoms with Gasteiger partial charge in [0.05, 0.1) is 5.69 Å². The largest absolute Gasteiger partial charge is 0.491 e. The molecule has 1 amide bonds. The van der Waals surface area contributed by atoms with Crippen molar-refractivity contribution in [2.75, 3.05) is 5.32 Å².